The van der Waals surface area contributed by atoms with E-state index in [0.717, 1.165) is 45.1 Å². The van der Waals surface area contributed by atoms with Crippen LogP contribution in [0.25, 0.3) is 0 Å². The van der Waals surface area contributed by atoms with Crippen LogP contribution in [0.4, 0.5) is 0 Å². The highest BCUT2D eigenvalue weighted by molar-refractivity contribution is 14.0. The number of piperazine rings is 1. The minimum absolute atomic E-state index is 0. The molecule has 1 heterocycles. The topological polar surface area (TPSA) is 68.2 Å². The van der Waals surface area contributed by atoms with Gasteiger partial charge in [0.2, 0.25) is 10.0 Å². The first kappa shape index (κ1) is 25.1. The first-order chi connectivity index (χ1) is 12.9. The van der Waals surface area contributed by atoms with Gasteiger partial charge in [0, 0.05) is 59.4 Å². The van der Waals surface area contributed by atoms with Crippen molar-refractivity contribution in [3.8, 4) is 0 Å². The summed E-state index contributed by atoms with van der Waals surface area (Å²) in [6, 6.07) is 10.6. The van der Waals surface area contributed by atoms with Gasteiger partial charge in [-0.15, -0.1) is 24.0 Å². The second kappa shape index (κ2) is 12.6. The Kier molecular flexibility index (Phi) is 11.3. The molecule has 160 valence electrons. The van der Waals surface area contributed by atoms with Crippen molar-refractivity contribution in [1.82, 2.24) is 19.4 Å². The predicted molar refractivity (Wildman–Crippen MR) is 127 cm³/mol. The van der Waals surface area contributed by atoms with Crippen molar-refractivity contribution in [3.63, 3.8) is 0 Å². The van der Waals surface area contributed by atoms with Crippen LogP contribution in [-0.2, 0) is 16.6 Å². The zero-order chi connectivity index (χ0) is 19.7. The van der Waals surface area contributed by atoms with Gasteiger partial charge in [-0.05, 0) is 12.0 Å². The Morgan fingerprint density at radius 2 is 1.82 bits per heavy atom. The standard InChI is InChI=1S/C19H33N5O2S.HI/c1-4-24(27(3,25)26)12-8-11-21-19(20-2)23-15-13-22(14-16-23)17-18-9-6-5-7-10-18;/h5-7,9-10H,4,8,11-17H2,1-3H3,(H,20,21);1H. The van der Waals surface area contributed by atoms with E-state index in [4.69, 9.17) is 0 Å². The van der Waals surface area contributed by atoms with Crippen molar-refractivity contribution in [3.05, 3.63) is 35.9 Å². The molecular formula is C19H34IN5O2S. The van der Waals surface area contributed by atoms with Gasteiger partial charge < -0.3 is 10.2 Å². The number of aliphatic imine (C=N–C) groups is 1. The lowest BCUT2D eigenvalue weighted by atomic mass is 10.2. The molecule has 0 bridgehead atoms. The second-order valence-electron chi connectivity index (χ2n) is 6.83. The van der Waals surface area contributed by atoms with Crippen LogP contribution >= 0.6 is 24.0 Å². The van der Waals surface area contributed by atoms with E-state index in [9.17, 15) is 8.42 Å². The largest absolute Gasteiger partial charge is 0.356 e. The highest BCUT2D eigenvalue weighted by Crippen LogP contribution is 2.08. The lowest BCUT2D eigenvalue weighted by Crippen LogP contribution is -2.52. The molecule has 0 radical (unpaired) electrons. The summed E-state index contributed by atoms with van der Waals surface area (Å²) in [5, 5.41) is 3.37. The van der Waals surface area contributed by atoms with E-state index < -0.39 is 10.0 Å². The fourth-order valence-electron chi connectivity index (χ4n) is 3.31. The number of benzene rings is 1. The van der Waals surface area contributed by atoms with Crippen LogP contribution in [0, 0.1) is 0 Å². The first-order valence-corrected chi connectivity index (χ1v) is 11.5. The molecule has 0 saturated carbocycles. The second-order valence-corrected chi connectivity index (χ2v) is 8.81. The molecule has 1 fully saturated rings. The van der Waals surface area contributed by atoms with Gasteiger partial charge in [0.15, 0.2) is 5.96 Å². The number of hydrogen-bond donors (Lipinski definition) is 1. The zero-order valence-corrected chi connectivity index (χ0v) is 20.3. The van der Waals surface area contributed by atoms with Crippen molar-refractivity contribution in [2.45, 2.75) is 19.9 Å². The molecule has 0 amide bonds. The summed E-state index contributed by atoms with van der Waals surface area (Å²) in [6.45, 7) is 8.50. The van der Waals surface area contributed by atoms with Crippen LogP contribution in [0.1, 0.15) is 18.9 Å². The molecular weight excluding hydrogens is 489 g/mol. The smallest absolute Gasteiger partial charge is 0.211 e. The molecule has 0 aromatic heterocycles. The minimum Gasteiger partial charge on any atom is -0.356 e. The Morgan fingerprint density at radius 3 is 2.36 bits per heavy atom. The van der Waals surface area contributed by atoms with Crippen molar-refractivity contribution in [2.24, 2.45) is 4.99 Å². The number of halogens is 1. The summed E-state index contributed by atoms with van der Waals surface area (Å²) in [5.41, 5.74) is 1.35. The molecule has 1 saturated heterocycles. The summed E-state index contributed by atoms with van der Waals surface area (Å²) >= 11 is 0. The summed E-state index contributed by atoms with van der Waals surface area (Å²) in [6.07, 6.45) is 2.02. The van der Waals surface area contributed by atoms with Gasteiger partial charge in [-0.1, -0.05) is 37.3 Å². The third-order valence-electron chi connectivity index (χ3n) is 4.82. The van der Waals surface area contributed by atoms with Crippen molar-refractivity contribution in [1.29, 1.82) is 0 Å². The van der Waals surface area contributed by atoms with Crippen LogP contribution in [0.2, 0.25) is 0 Å². The quantitative estimate of drug-likeness (QED) is 0.243. The Labute approximate surface area is 187 Å². The SMILES string of the molecule is CCN(CCCNC(=NC)N1CCN(Cc2ccccc2)CC1)S(C)(=O)=O.I. The zero-order valence-electron chi connectivity index (χ0n) is 17.2. The number of sulfonamides is 1. The summed E-state index contributed by atoms with van der Waals surface area (Å²) in [5.74, 6) is 0.900. The molecule has 28 heavy (non-hydrogen) atoms. The van der Waals surface area contributed by atoms with E-state index in [1.807, 2.05) is 13.0 Å². The van der Waals surface area contributed by atoms with E-state index in [0.29, 0.717) is 19.6 Å². The van der Waals surface area contributed by atoms with E-state index in [1.54, 1.807) is 7.05 Å². The highest BCUT2D eigenvalue weighted by atomic mass is 127. The molecule has 2 rings (SSSR count). The van der Waals surface area contributed by atoms with E-state index in [1.165, 1.54) is 16.1 Å². The minimum atomic E-state index is -3.11. The summed E-state index contributed by atoms with van der Waals surface area (Å²) < 4.78 is 24.7. The maximum atomic E-state index is 11.6. The van der Waals surface area contributed by atoms with Gasteiger partial charge in [0.05, 0.1) is 6.26 Å². The molecule has 1 aromatic carbocycles. The highest BCUT2D eigenvalue weighted by Gasteiger charge is 2.19. The Morgan fingerprint density at radius 1 is 1.18 bits per heavy atom. The number of nitrogens with zero attached hydrogens (tertiary/aromatic N) is 4. The fraction of sp³-hybridized carbons (Fsp3) is 0.632. The van der Waals surface area contributed by atoms with Crippen molar-refractivity contribution >= 4 is 40.0 Å². The van der Waals surface area contributed by atoms with Crippen LogP contribution in [0.15, 0.2) is 35.3 Å². The number of nitrogens with one attached hydrogen (secondary N) is 1. The summed E-state index contributed by atoms with van der Waals surface area (Å²) in [4.78, 5) is 9.12. The lowest BCUT2D eigenvalue weighted by Gasteiger charge is -2.36. The van der Waals surface area contributed by atoms with Crippen LogP contribution in [0.3, 0.4) is 0 Å². The Bertz CT molecular complexity index is 692. The van der Waals surface area contributed by atoms with Gasteiger partial charge in [-0.25, -0.2) is 12.7 Å². The van der Waals surface area contributed by atoms with Gasteiger partial charge >= 0.3 is 0 Å². The van der Waals surface area contributed by atoms with Crippen LogP contribution < -0.4 is 5.32 Å². The molecule has 9 heteroatoms. The van der Waals surface area contributed by atoms with Gasteiger partial charge in [-0.2, -0.15) is 0 Å². The van der Waals surface area contributed by atoms with E-state index in [2.05, 4.69) is 44.4 Å². The molecule has 1 N–H and O–H groups in total. The third-order valence-corrected chi connectivity index (χ3v) is 6.20. The van der Waals surface area contributed by atoms with Gasteiger partial charge in [0.25, 0.3) is 0 Å². The van der Waals surface area contributed by atoms with E-state index >= 15 is 0 Å². The molecule has 0 atom stereocenters. The molecule has 0 unspecified atom stereocenters. The van der Waals surface area contributed by atoms with E-state index in [-0.39, 0.29) is 24.0 Å². The molecule has 1 aliphatic rings. The average molecular weight is 523 g/mol. The van der Waals surface area contributed by atoms with Crippen molar-refractivity contribution in [2.75, 3.05) is 59.1 Å². The number of hydrogen-bond acceptors (Lipinski definition) is 4. The summed E-state index contributed by atoms with van der Waals surface area (Å²) in [7, 11) is -1.32. The molecule has 0 spiro atoms. The Balaban J connectivity index is 0.00000392. The number of rotatable bonds is 8. The maximum Gasteiger partial charge on any atom is 0.211 e. The Hall–Kier alpha value is -0.910. The molecule has 7 nitrogen and oxygen atoms in total. The van der Waals surface area contributed by atoms with Crippen LogP contribution in [0.5, 0.6) is 0 Å². The third kappa shape index (κ3) is 8.22. The molecule has 0 aliphatic carbocycles. The first-order valence-electron chi connectivity index (χ1n) is 9.61. The average Bonchev–Trinajstić information content (AvgIpc) is 2.65. The normalized spacial score (nSPS) is 16.1. The molecule has 1 aromatic rings. The fourth-order valence-corrected chi connectivity index (χ4v) is 4.24. The monoisotopic (exact) mass is 523 g/mol. The van der Waals surface area contributed by atoms with Crippen LogP contribution in [-0.4, -0.2) is 87.6 Å². The predicted octanol–water partition coefficient (Wildman–Crippen LogP) is 1.67. The van der Waals surface area contributed by atoms with Gasteiger partial charge in [0.1, 0.15) is 0 Å². The number of guanidine groups is 1. The lowest BCUT2D eigenvalue weighted by molar-refractivity contribution is 0.172. The molecule has 1 aliphatic heterocycles. The van der Waals surface area contributed by atoms with Crippen molar-refractivity contribution < 1.29 is 8.42 Å². The maximum absolute atomic E-state index is 11.6. The van der Waals surface area contributed by atoms with Gasteiger partial charge in [-0.3, -0.25) is 9.89 Å².